The molecule has 0 aliphatic carbocycles. The molecule has 2 N–H and O–H groups in total. The lowest BCUT2D eigenvalue weighted by molar-refractivity contribution is -0.168. The van der Waals surface area contributed by atoms with E-state index in [1.807, 2.05) is 26.0 Å². The van der Waals surface area contributed by atoms with Crippen LogP contribution in [0.3, 0.4) is 0 Å². The molecule has 3 aliphatic rings. The van der Waals surface area contributed by atoms with E-state index < -0.39 is 41.0 Å². The minimum absolute atomic E-state index is 0.0149. The molecule has 0 saturated carbocycles. The number of fused-ring (bicyclic) bond motifs is 1. The molecule has 13 heteroatoms. The van der Waals surface area contributed by atoms with E-state index in [1.54, 1.807) is 33.5 Å². The second-order valence-electron chi connectivity index (χ2n) is 10.8. The summed E-state index contributed by atoms with van der Waals surface area (Å²) in [4.78, 5) is 42.9. The lowest BCUT2D eigenvalue weighted by Crippen LogP contribution is -2.76. The molecule has 0 bridgehead atoms. The highest BCUT2D eigenvalue weighted by Gasteiger charge is 2.52. The van der Waals surface area contributed by atoms with Crippen LogP contribution in [0.1, 0.15) is 39.2 Å². The van der Waals surface area contributed by atoms with Gasteiger partial charge < -0.3 is 20.4 Å². The van der Waals surface area contributed by atoms with Crippen LogP contribution in [0, 0.1) is 0 Å². The van der Waals surface area contributed by atoms with E-state index in [-0.39, 0.29) is 36.5 Å². The van der Waals surface area contributed by atoms with E-state index in [4.69, 9.17) is 34.8 Å². The van der Waals surface area contributed by atoms with Gasteiger partial charge in [-0.25, -0.2) is 4.21 Å². The topological polar surface area (TPSA) is 102 Å². The molecule has 3 heterocycles. The van der Waals surface area contributed by atoms with Crippen LogP contribution in [-0.4, -0.2) is 86.5 Å². The van der Waals surface area contributed by atoms with Crippen LogP contribution in [0.25, 0.3) is 0 Å². The van der Waals surface area contributed by atoms with Crippen molar-refractivity contribution in [3.05, 3.63) is 63.1 Å². The van der Waals surface area contributed by atoms with Gasteiger partial charge in [0.2, 0.25) is 17.7 Å². The van der Waals surface area contributed by atoms with E-state index in [0.29, 0.717) is 14.9 Å². The van der Waals surface area contributed by atoms with Gasteiger partial charge in [-0.05, 0) is 75.7 Å². The van der Waals surface area contributed by atoms with E-state index in [0.717, 1.165) is 5.56 Å². The molecule has 4 unspecified atom stereocenters. The van der Waals surface area contributed by atoms with Crippen LogP contribution in [-0.2, 0) is 31.8 Å². The average Bonchev–Trinajstić information content (AvgIpc) is 3.52. The molecule has 9 nitrogen and oxygen atoms in total. The molecule has 0 aromatic heterocycles. The fourth-order valence-electron chi connectivity index (χ4n) is 5.36. The zero-order valence-electron chi connectivity index (χ0n) is 23.8. The Bertz CT molecular complexity index is 1320. The van der Waals surface area contributed by atoms with Crippen LogP contribution in [0.5, 0.6) is 0 Å². The summed E-state index contributed by atoms with van der Waals surface area (Å²) in [6, 6.07) is 9.73. The van der Waals surface area contributed by atoms with Crippen LogP contribution in [0.4, 0.5) is 0 Å². The Morgan fingerprint density at radius 2 is 1.64 bits per heavy atom. The van der Waals surface area contributed by atoms with Gasteiger partial charge in [-0.2, -0.15) is 4.31 Å². The fraction of sp³-hybridized carbons (Fsp3) is 0.483. The number of carbonyl (C=O) groups is 3. The molecule has 0 spiro atoms. The zero-order chi connectivity index (χ0) is 30.6. The molecule has 5 rings (SSSR count). The predicted molar refractivity (Wildman–Crippen MR) is 166 cm³/mol. The monoisotopic (exact) mass is 655 g/mol. The first-order valence-electron chi connectivity index (χ1n) is 14.0. The predicted octanol–water partition coefficient (Wildman–Crippen LogP) is 3.88. The molecule has 0 radical (unpaired) electrons. The lowest BCUT2D eigenvalue weighted by Gasteiger charge is -2.54. The lowest BCUT2D eigenvalue weighted by atomic mass is 9.96. The maximum absolute atomic E-state index is 13.9. The van der Waals surface area contributed by atoms with Gasteiger partial charge in [-0.3, -0.25) is 14.4 Å². The number of hydrogen-bond donors (Lipinski definition) is 2. The normalized spacial score (nSPS) is 23.4. The second-order valence-corrected chi connectivity index (χ2v) is 13.5. The Morgan fingerprint density at radius 3 is 2.19 bits per heavy atom. The van der Waals surface area contributed by atoms with Crippen LogP contribution < -0.4 is 10.6 Å². The highest BCUT2D eigenvalue weighted by molar-refractivity contribution is 7.82. The first-order valence-corrected chi connectivity index (χ1v) is 16.2. The van der Waals surface area contributed by atoms with Crippen molar-refractivity contribution < 1.29 is 18.6 Å². The minimum atomic E-state index is -1.82. The minimum Gasteiger partial charge on any atom is -0.343 e. The van der Waals surface area contributed by atoms with Crippen molar-refractivity contribution >= 4 is 63.5 Å². The third-order valence-electron chi connectivity index (χ3n) is 7.43. The largest absolute Gasteiger partial charge is 0.343 e. The molecule has 3 amide bonds. The number of carbonyl (C=O) groups excluding carboxylic acids is 3. The Hall–Kier alpha value is -2.21. The molecule has 3 saturated heterocycles. The van der Waals surface area contributed by atoms with Gasteiger partial charge in [0, 0.05) is 36.0 Å². The van der Waals surface area contributed by atoms with Crippen molar-refractivity contribution in [1.29, 1.82) is 0 Å². The number of nitrogens with one attached hydrogen (secondary N) is 2. The fourth-order valence-corrected chi connectivity index (χ4v) is 7.42. The first-order chi connectivity index (χ1) is 20.0. The highest BCUT2D eigenvalue weighted by atomic mass is 35.5. The second kappa shape index (κ2) is 14.5. The Labute approximate surface area is 264 Å². The van der Waals surface area contributed by atoms with Gasteiger partial charge in [0.05, 0.1) is 16.5 Å². The molecular weight excluding hydrogens is 621 g/mol. The summed E-state index contributed by atoms with van der Waals surface area (Å²) in [6.45, 7) is 7.75. The van der Waals surface area contributed by atoms with Gasteiger partial charge in [0.1, 0.15) is 29.2 Å². The number of piperazine rings is 1. The summed E-state index contributed by atoms with van der Waals surface area (Å²) in [5.74, 6) is -1.02. The molecule has 2 aromatic carbocycles. The van der Waals surface area contributed by atoms with E-state index in [9.17, 15) is 18.6 Å². The molecule has 2 aromatic rings. The Morgan fingerprint density at radius 1 is 1.00 bits per heavy atom. The van der Waals surface area contributed by atoms with Crippen molar-refractivity contribution in [3.63, 3.8) is 0 Å². The average molecular weight is 657 g/mol. The quantitative estimate of drug-likeness (QED) is 0.492. The first kappa shape index (κ1) is 32.7. The standard InChI is InChI=1S/C25H27Cl3N4O4S.C4H9N/c1-14(2)30-13-23-31(37(36)22-9-8-18(27)11-19(22)28)12-20(29-15(3)33)24(34)32(23)21(25(30)35)10-16-4-6-17(26)7-5-16;1-2-4-5-3-1/h4-9,11,14,20-21,23H,10,12-13H2,1-3H3,(H,29,33);5H,1-4H2. The van der Waals surface area contributed by atoms with Crippen LogP contribution in [0.15, 0.2) is 47.4 Å². The van der Waals surface area contributed by atoms with E-state index in [1.165, 1.54) is 43.8 Å². The summed E-state index contributed by atoms with van der Waals surface area (Å²) >= 11 is 18.5. The zero-order valence-corrected chi connectivity index (χ0v) is 26.9. The van der Waals surface area contributed by atoms with Gasteiger partial charge in [-0.1, -0.05) is 46.9 Å². The van der Waals surface area contributed by atoms with E-state index >= 15 is 0 Å². The molecule has 42 heavy (non-hydrogen) atoms. The van der Waals surface area contributed by atoms with Crippen LogP contribution in [0.2, 0.25) is 15.1 Å². The number of halogens is 3. The van der Waals surface area contributed by atoms with Crippen molar-refractivity contribution in [3.8, 4) is 0 Å². The third kappa shape index (κ3) is 7.65. The van der Waals surface area contributed by atoms with E-state index in [2.05, 4.69) is 10.6 Å². The Kier molecular flexibility index (Phi) is 11.3. The van der Waals surface area contributed by atoms with Crippen molar-refractivity contribution in [2.45, 2.75) is 69.2 Å². The van der Waals surface area contributed by atoms with Gasteiger partial charge in [-0.15, -0.1) is 0 Å². The molecule has 3 aliphatic heterocycles. The number of nitrogens with zero attached hydrogens (tertiary/aromatic N) is 3. The summed E-state index contributed by atoms with van der Waals surface area (Å²) in [6.07, 6.45) is 2.30. The SMILES string of the molecule is C1CCNC1.CC(=O)NC1CN(S(=O)c2ccc(Cl)cc2Cl)C2CN(C(C)C)C(=O)C(Cc3ccc(Cl)cc3)N2C1=O. The van der Waals surface area contributed by atoms with Crippen molar-refractivity contribution in [2.24, 2.45) is 0 Å². The van der Waals surface area contributed by atoms with Gasteiger partial charge in [0.15, 0.2) is 0 Å². The number of rotatable bonds is 6. The van der Waals surface area contributed by atoms with Crippen molar-refractivity contribution in [2.75, 3.05) is 26.2 Å². The molecule has 3 fully saturated rings. The molecule has 228 valence electrons. The maximum atomic E-state index is 13.9. The highest BCUT2D eigenvalue weighted by Crippen LogP contribution is 2.33. The van der Waals surface area contributed by atoms with Gasteiger partial charge in [0.25, 0.3) is 0 Å². The summed E-state index contributed by atoms with van der Waals surface area (Å²) < 4.78 is 15.5. The summed E-state index contributed by atoms with van der Waals surface area (Å²) in [7, 11) is -1.82. The number of hydrogen-bond acceptors (Lipinski definition) is 5. The van der Waals surface area contributed by atoms with Crippen molar-refractivity contribution in [1.82, 2.24) is 24.7 Å². The maximum Gasteiger partial charge on any atom is 0.248 e. The number of benzene rings is 2. The molecular formula is C29H36Cl3N5O4S. The van der Waals surface area contributed by atoms with Gasteiger partial charge >= 0.3 is 0 Å². The summed E-state index contributed by atoms with van der Waals surface area (Å²) in [5.41, 5.74) is 0.815. The molecule has 4 atom stereocenters. The number of amides is 3. The Balaban J connectivity index is 0.000000732. The summed E-state index contributed by atoms with van der Waals surface area (Å²) in [5, 5.41) is 7.06. The van der Waals surface area contributed by atoms with Crippen LogP contribution >= 0.6 is 34.8 Å². The smallest absolute Gasteiger partial charge is 0.248 e. The third-order valence-corrected chi connectivity index (χ3v) is 9.89.